The molecule has 1 fully saturated rings. The average Bonchev–Trinajstić information content (AvgIpc) is 2.88. The van der Waals surface area contributed by atoms with Crippen LogP contribution in [0.4, 0.5) is 11.6 Å². The second kappa shape index (κ2) is 9.17. The number of methoxy groups -OCH3 is 1. The molecule has 1 aromatic carbocycles. The molecular weight excluding hydrogens is 418 g/mol. The van der Waals surface area contributed by atoms with Gasteiger partial charge in [-0.3, -0.25) is 9.78 Å². The summed E-state index contributed by atoms with van der Waals surface area (Å²) in [7, 11) is 1.62. The van der Waals surface area contributed by atoms with E-state index in [1.165, 1.54) is 0 Å². The number of nitrogens with one attached hydrogen (secondary N) is 2. The lowest BCUT2D eigenvalue weighted by atomic mass is 10.2. The van der Waals surface area contributed by atoms with Gasteiger partial charge in [0.1, 0.15) is 17.4 Å². The fourth-order valence-electron chi connectivity index (χ4n) is 3.84. The summed E-state index contributed by atoms with van der Waals surface area (Å²) in [4.78, 5) is 33.0. The fraction of sp³-hybridized carbons (Fsp3) is 0.208. The molecule has 33 heavy (non-hydrogen) atoms. The molecule has 3 aromatic heterocycles. The first-order valence-electron chi connectivity index (χ1n) is 10.7. The van der Waals surface area contributed by atoms with Crippen LogP contribution in [0.25, 0.3) is 22.3 Å². The standard InChI is InChI=1S/C24H23N7O2/c1-33-19-15-26-14-18-21(19)23(31-11-9-25-10-12-31)30-22(28-18)17-7-8-27-20(13-17)29-24(32)16-5-3-2-4-6-16/h2-8,13-15,25H,9-12H2,1H3,(H,27,29,32). The highest BCUT2D eigenvalue weighted by Gasteiger charge is 2.21. The highest BCUT2D eigenvalue weighted by molar-refractivity contribution is 6.04. The SMILES string of the molecule is COc1cncc2nc(-c3ccnc(NC(=O)c4ccccc4)c3)nc(N3CCNCC3)c12. The van der Waals surface area contributed by atoms with Crippen molar-refractivity contribution in [2.24, 2.45) is 0 Å². The van der Waals surface area contributed by atoms with E-state index in [0.717, 1.165) is 42.9 Å². The first kappa shape index (κ1) is 20.8. The minimum atomic E-state index is -0.227. The van der Waals surface area contributed by atoms with Gasteiger partial charge in [-0.1, -0.05) is 18.2 Å². The molecule has 0 aliphatic carbocycles. The number of benzene rings is 1. The summed E-state index contributed by atoms with van der Waals surface area (Å²) in [5.74, 6) is 2.18. The second-order valence-electron chi connectivity index (χ2n) is 7.59. The van der Waals surface area contributed by atoms with Crippen molar-refractivity contribution in [1.82, 2.24) is 25.3 Å². The number of ether oxygens (including phenoxy) is 1. The van der Waals surface area contributed by atoms with Gasteiger partial charge in [0.05, 0.1) is 30.4 Å². The Morgan fingerprint density at radius 2 is 1.91 bits per heavy atom. The molecule has 0 unspecified atom stereocenters. The van der Waals surface area contributed by atoms with E-state index in [2.05, 4.69) is 25.5 Å². The highest BCUT2D eigenvalue weighted by Crippen LogP contribution is 2.34. The molecule has 0 radical (unpaired) electrons. The number of carbonyl (C=O) groups is 1. The molecule has 1 aliphatic rings. The van der Waals surface area contributed by atoms with E-state index < -0.39 is 0 Å². The number of piperazine rings is 1. The Kier molecular flexibility index (Phi) is 5.77. The average molecular weight is 441 g/mol. The molecule has 0 saturated carbocycles. The topological polar surface area (TPSA) is 105 Å². The Labute approximate surface area is 190 Å². The monoisotopic (exact) mass is 441 g/mol. The van der Waals surface area contributed by atoms with Crippen molar-refractivity contribution in [3.8, 4) is 17.1 Å². The largest absolute Gasteiger partial charge is 0.494 e. The number of fused-ring (bicyclic) bond motifs is 1. The van der Waals surface area contributed by atoms with Crippen molar-refractivity contribution in [2.45, 2.75) is 0 Å². The van der Waals surface area contributed by atoms with Crippen LogP contribution in [0.5, 0.6) is 5.75 Å². The number of pyridine rings is 2. The number of nitrogens with zero attached hydrogens (tertiary/aromatic N) is 5. The molecule has 4 aromatic rings. The van der Waals surface area contributed by atoms with Crippen molar-refractivity contribution in [2.75, 3.05) is 43.5 Å². The predicted molar refractivity (Wildman–Crippen MR) is 127 cm³/mol. The fourth-order valence-corrected chi connectivity index (χ4v) is 3.84. The van der Waals surface area contributed by atoms with Crippen LogP contribution in [0.1, 0.15) is 10.4 Å². The van der Waals surface area contributed by atoms with E-state index in [4.69, 9.17) is 14.7 Å². The Balaban J connectivity index is 1.55. The lowest BCUT2D eigenvalue weighted by Gasteiger charge is -2.29. The first-order chi connectivity index (χ1) is 16.2. The number of hydrogen-bond donors (Lipinski definition) is 2. The summed E-state index contributed by atoms with van der Waals surface area (Å²) in [6.07, 6.45) is 5.03. The number of anilines is 2. The summed E-state index contributed by atoms with van der Waals surface area (Å²) >= 11 is 0. The molecule has 4 heterocycles. The predicted octanol–water partition coefficient (Wildman–Crippen LogP) is 2.76. The van der Waals surface area contributed by atoms with E-state index in [-0.39, 0.29) is 5.91 Å². The van der Waals surface area contributed by atoms with Gasteiger partial charge in [0.2, 0.25) is 0 Å². The molecule has 1 aliphatic heterocycles. The van der Waals surface area contributed by atoms with Crippen LogP contribution in [0, 0.1) is 0 Å². The number of hydrogen-bond acceptors (Lipinski definition) is 8. The molecule has 0 spiro atoms. The zero-order chi connectivity index (χ0) is 22.6. The molecule has 1 saturated heterocycles. The van der Waals surface area contributed by atoms with Gasteiger partial charge in [-0.05, 0) is 24.3 Å². The minimum absolute atomic E-state index is 0.227. The molecule has 2 N–H and O–H groups in total. The lowest BCUT2D eigenvalue weighted by Crippen LogP contribution is -2.44. The molecule has 166 valence electrons. The maximum Gasteiger partial charge on any atom is 0.256 e. The van der Waals surface area contributed by atoms with E-state index in [9.17, 15) is 4.79 Å². The Bertz CT molecular complexity index is 1290. The highest BCUT2D eigenvalue weighted by atomic mass is 16.5. The van der Waals surface area contributed by atoms with Gasteiger partial charge in [0, 0.05) is 43.5 Å². The maximum absolute atomic E-state index is 12.6. The van der Waals surface area contributed by atoms with Crippen molar-refractivity contribution in [1.29, 1.82) is 0 Å². The van der Waals surface area contributed by atoms with E-state index in [0.29, 0.717) is 28.5 Å². The summed E-state index contributed by atoms with van der Waals surface area (Å²) in [5, 5.41) is 7.05. The Morgan fingerprint density at radius 1 is 1.09 bits per heavy atom. The van der Waals surface area contributed by atoms with Gasteiger partial charge in [-0.2, -0.15) is 0 Å². The van der Waals surface area contributed by atoms with E-state index in [1.54, 1.807) is 43.9 Å². The summed E-state index contributed by atoms with van der Waals surface area (Å²) in [6, 6.07) is 12.6. The normalized spacial score (nSPS) is 13.7. The smallest absolute Gasteiger partial charge is 0.256 e. The molecule has 1 amide bonds. The first-order valence-corrected chi connectivity index (χ1v) is 10.7. The van der Waals surface area contributed by atoms with Crippen molar-refractivity contribution < 1.29 is 9.53 Å². The van der Waals surface area contributed by atoms with Crippen molar-refractivity contribution in [3.63, 3.8) is 0 Å². The van der Waals surface area contributed by atoms with Crippen LogP contribution in [-0.2, 0) is 0 Å². The number of carbonyl (C=O) groups excluding carboxylic acids is 1. The van der Waals surface area contributed by atoms with E-state index >= 15 is 0 Å². The third-order valence-electron chi connectivity index (χ3n) is 5.49. The zero-order valence-electron chi connectivity index (χ0n) is 18.2. The van der Waals surface area contributed by atoms with Gasteiger partial charge in [0.25, 0.3) is 5.91 Å². The molecule has 9 nitrogen and oxygen atoms in total. The number of aromatic nitrogens is 4. The third-order valence-corrected chi connectivity index (χ3v) is 5.49. The minimum Gasteiger partial charge on any atom is -0.494 e. The summed E-state index contributed by atoms with van der Waals surface area (Å²) < 4.78 is 5.57. The second-order valence-corrected chi connectivity index (χ2v) is 7.59. The van der Waals surface area contributed by atoms with Gasteiger partial charge < -0.3 is 20.3 Å². The quantitative estimate of drug-likeness (QED) is 0.487. The molecule has 0 bridgehead atoms. The third kappa shape index (κ3) is 4.31. The van der Waals surface area contributed by atoms with Crippen LogP contribution in [0.3, 0.4) is 0 Å². The molecular formula is C24H23N7O2. The number of amides is 1. The summed E-state index contributed by atoms with van der Waals surface area (Å²) in [6.45, 7) is 3.40. The lowest BCUT2D eigenvalue weighted by molar-refractivity contribution is 0.102. The van der Waals surface area contributed by atoms with Crippen LogP contribution in [0.2, 0.25) is 0 Å². The van der Waals surface area contributed by atoms with Crippen LogP contribution >= 0.6 is 0 Å². The molecule has 5 rings (SSSR count). The number of rotatable bonds is 5. The van der Waals surface area contributed by atoms with Crippen LogP contribution in [-0.4, -0.2) is 59.1 Å². The van der Waals surface area contributed by atoms with Gasteiger partial charge in [-0.15, -0.1) is 0 Å². The van der Waals surface area contributed by atoms with Crippen LogP contribution in [0.15, 0.2) is 61.1 Å². The van der Waals surface area contributed by atoms with Gasteiger partial charge in [-0.25, -0.2) is 15.0 Å². The maximum atomic E-state index is 12.6. The Hall–Kier alpha value is -4.11. The molecule has 0 atom stereocenters. The van der Waals surface area contributed by atoms with Crippen LogP contribution < -0.4 is 20.3 Å². The zero-order valence-corrected chi connectivity index (χ0v) is 18.2. The molecule has 9 heteroatoms. The van der Waals surface area contributed by atoms with E-state index in [1.807, 2.05) is 24.3 Å². The van der Waals surface area contributed by atoms with Gasteiger partial charge >= 0.3 is 0 Å². The Morgan fingerprint density at radius 3 is 2.70 bits per heavy atom. The summed E-state index contributed by atoms with van der Waals surface area (Å²) in [5.41, 5.74) is 2.00. The van der Waals surface area contributed by atoms with Gasteiger partial charge in [0.15, 0.2) is 5.82 Å². The van der Waals surface area contributed by atoms with Crippen molar-refractivity contribution in [3.05, 3.63) is 66.6 Å². The van der Waals surface area contributed by atoms with Crippen molar-refractivity contribution >= 4 is 28.4 Å².